The minimum Gasteiger partial charge on any atom is -0.320 e. The van der Waals surface area contributed by atoms with Gasteiger partial charge in [-0.1, -0.05) is 23.7 Å². The van der Waals surface area contributed by atoms with E-state index in [-0.39, 0.29) is 5.82 Å². The first kappa shape index (κ1) is 14.5. The molecule has 0 saturated carbocycles. The van der Waals surface area contributed by atoms with Crippen LogP contribution in [0.3, 0.4) is 0 Å². The molecule has 2 rings (SSSR count). The van der Waals surface area contributed by atoms with Gasteiger partial charge in [0.1, 0.15) is 5.82 Å². The van der Waals surface area contributed by atoms with Crippen LogP contribution in [0, 0.1) is 19.7 Å². The molecular weight excluding hydrogens is 329 g/mol. The molecule has 2 aromatic carbocycles. The van der Waals surface area contributed by atoms with Crippen molar-refractivity contribution in [2.75, 3.05) is 0 Å². The van der Waals surface area contributed by atoms with Crippen molar-refractivity contribution in [3.8, 4) is 0 Å². The topological polar surface area (TPSA) is 26.0 Å². The molecule has 0 aliphatic heterocycles. The van der Waals surface area contributed by atoms with Crippen molar-refractivity contribution in [1.82, 2.24) is 0 Å². The minimum absolute atomic E-state index is 0.274. The van der Waals surface area contributed by atoms with Gasteiger partial charge in [0, 0.05) is 10.0 Å². The summed E-state index contributed by atoms with van der Waals surface area (Å²) in [5.41, 5.74) is 9.22. The Balaban J connectivity index is 2.49. The van der Waals surface area contributed by atoms with Gasteiger partial charge in [0.15, 0.2) is 0 Å². The van der Waals surface area contributed by atoms with E-state index in [1.807, 2.05) is 32.0 Å². The number of rotatable bonds is 2. The lowest BCUT2D eigenvalue weighted by Gasteiger charge is -2.17. The van der Waals surface area contributed by atoms with Gasteiger partial charge in [0.05, 0.1) is 11.1 Å². The van der Waals surface area contributed by atoms with Gasteiger partial charge in [-0.05, 0) is 64.7 Å². The quantitative estimate of drug-likeness (QED) is 0.825. The Bertz CT molecular complexity index is 605. The second kappa shape index (κ2) is 5.61. The molecule has 0 spiro atoms. The lowest BCUT2D eigenvalue weighted by Crippen LogP contribution is -2.15. The third-order valence-electron chi connectivity index (χ3n) is 3.09. The van der Waals surface area contributed by atoms with E-state index in [4.69, 9.17) is 17.3 Å². The Morgan fingerprint density at radius 3 is 2.47 bits per heavy atom. The molecule has 0 radical (unpaired) electrons. The van der Waals surface area contributed by atoms with Crippen LogP contribution >= 0.6 is 27.5 Å². The molecular formula is C15H14BrClFN. The van der Waals surface area contributed by atoms with Crippen LogP contribution in [0.25, 0.3) is 0 Å². The van der Waals surface area contributed by atoms with Crippen molar-refractivity contribution < 1.29 is 4.39 Å². The van der Waals surface area contributed by atoms with Gasteiger partial charge < -0.3 is 5.73 Å². The molecule has 0 fully saturated rings. The number of nitrogens with two attached hydrogens (primary N) is 1. The summed E-state index contributed by atoms with van der Waals surface area (Å²) in [6.07, 6.45) is 0. The number of benzene rings is 2. The second-order valence-corrected chi connectivity index (χ2v) is 5.89. The highest BCUT2D eigenvalue weighted by molar-refractivity contribution is 9.10. The number of aryl methyl sites for hydroxylation is 2. The third-order valence-corrected chi connectivity index (χ3v) is 4.33. The average Bonchev–Trinajstić information content (AvgIpc) is 2.31. The molecule has 0 aliphatic carbocycles. The van der Waals surface area contributed by atoms with Crippen LogP contribution in [0.2, 0.25) is 5.02 Å². The fraction of sp³-hybridized carbons (Fsp3) is 0.200. The molecule has 0 aromatic heterocycles. The average molecular weight is 343 g/mol. The summed E-state index contributed by atoms with van der Waals surface area (Å²) < 4.78 is 14.9. The van der Waals surface area contributed by atoms with Crippen LogP contribution in [-0.4, -0.2) is 0 Å². The summed E-state index contributed by atoms with van der Waals surface area (Å²) in [7, 11) is 0. The molecule has 1 nitrogen and oxygen atoms in total. The standard InChI is InChI=1S/C15H14BrClFN/c1-8-5-9(2)14(13(18)6-8)15(19)10-3-4-11(16)12(17)7-10/h3-7,15H,19H2,1-2H3. The van der Waals surface area contributed by atoms with Crippen LogP contribution in [-0.2, 0) is 0 Å². The lowest BCUT2D eigenvalue weighted by molar-refractivity contribution is 0.596. The Hall–Kier alpha value is -0.900. The van der Waals surface area contributed by atoms with Crippen LogP contribution < -0.4 is 5.73 Å². The van der Waals surface area contributed by atoms with E-state index in [0.29, 0.717) is 10.6 Å². The van der Waals surface area contributed by atoms with Crippen LogP contribution in [0.5, 0.6) is 0 Å². The predicted octanol–water partition coefficient (Wildman–Crippen LogP) is 4.91. The molecule has 0 amide bonds. The first-order valence-electron chi connectivity index (χ1n) is 5.87. The maximum Gasteiger partial charge on any atom is 0.128 e. The Labute approximate surface area is 125 Å². The normalized spacial score (nSPS) is 12.5. The molecule has 100 valence electrons. The van der Waals surface area contributed by atoms with E-state index in [2.05, 4.69) is 15.9 Å². The predicted molar refractivity (Wildman–Crippen MR) is 81.1 cm³/mol. The van der Waals surface area contributed by atoms with E-state index in [1.165, 1.54) is 6.07 Å². The zero-order chi connectivity index (χ0) is 14.2. The molecule has 4 heteroatoms. The van der Waals surface area contributed by atoms with E-state index in [9.17, 15) is 4.39 Å². The van der Waals surface area contributed by atoms with E-state index >= 15 is 0 Å². The van der Waals surface area contributed by atoms with Gasteiger partial charge in [-0.2, -0.15) is 0 Å². The largest absolute Gasteiger partial charge is 0.320 e. The van der Waals surface area contributed by atoms with Crippen LogP contribution in [0.1, 0.15) is 28.3 Å². The molecule has 19 heavy (non-hydrogen) atoms. The first-order valence-corrected chi connectivity index (χ1v) is 7.04. The summed E-state index contributed by atoms with van der Waals surface area (Å²) in [4.78, 5) is 0. The Morgan fingerprint density at radius 1 is 1.21 bits per heavy atom. The van der Waals surface area contributed by atoms with E-state index in [0.717, 1.165) is 21.2 Å². The molecule has 2 N–H and O–H groups in total. The molecule has 0 saturated heterocycles. The summed E-state index contributed by atoms with van der Waals surface area (Å²) in [6, 6.07) is 8.33. The number of hydrogen-bond donors (Lipinski definition) is 1. The summed E-state index contributed by atoms with van der Waals surface area (Å²) in [6.45, 7) is 3.73. The van der Waals surface area contributed by atoms with Crippen molar-refractivity contribution in [1.29, 1.82) is 0 Å². The van der Waals surface area contributed by atoms with Crippen molar-refractivity contribution in [2.45, 2.75) is 19.9 Å². The van der Waals surface area contributed by atoms with E-state index in [1.54, 1.807) is 6.07 Å². The van der Waals surface area contributed by atoms with E-state index < -0.39 is 6.04 Å². The minimum atomic E-state index is -0.522. The van der Waals surface area contributed by atoms with Gasteiger partial charge in [0.25, 0.3) is 0 Å². The first-order chi connectivity index (χ1) is 8.90. The fourth-order valence-corrected chi connectivity index (χ4v) is 2.63. The van der Waals surface area contributed by atoms with Gasteiger partial charge in [-0.3, -0.25) is 0 Å². The monoisotopic (exact) mass is 341 g/mol. The smallest absolute Gasteiger partial charge is 0.128 e. The summed E-state index contributed by atoms with van der Waals surface area (Å²) in [5, 5.41) is 0.568. The molecule has 1 unspecified atom stereocenters. The Kier molecular flexibility index (Phi) is 4.29. The zero-order valence-corrected chi connectivity index (χ0v) is 13.0. The second-order valence-electron chi connectivity index (χ2n) is 4.63. The van der Waals surface area contributed by atoms with Gasteiger partial charge in [-0.25, -0.2) is 4.39 Å². The maximum absolute atomic E-state index is 14.1. The number of halogens is 3. The van der Waals surface area contributed by atoms with Crippen LogP contribution in [0.4, 0.5) is 4.39 Å². The van der Waals surface area contributed by atoms with Gasteiger partial charge in [-0.15, -0.1) is 0 Å². The molecule has 1 atom stereocenters. The maximum atomic E-state index is 14.1. The molecule has 0 bridgehead atoms. The van der Waals surface area contributed by atoms with Gasteiger partial charge in [0.2, 0.25) is 0 Å². The number of hydrogen-bond acceptors (Lipinski definition) is 1. The molecule has 2 aromatic rings. The third kappa shape index (κ3) is 2.99. The molecule has 0 heterocycles. The Morgan fingerprint density at radius 2 is 1.89 bits per heavy atom. The lowest BCUT2D eigenvalue weighted by atomic mass is 9.94. The highest BCUT2D eigenvalue weighted by Crippen LogP contribution is 2.30. The molecule has 0 aliphatic rings. The zero-order valence-electron chi connectivity index (χ0n) is 10.7. The van der Waals surface area contributed by atoms with Crippen molar-refractivity contribution in [3.63, 3.8) is 0 Å². The summed E-state index contributed by atoms with van der Waals surface area (Å²) >= 11 is 9.38. The highest BCUT2D eigenvalue weighted by Gasteiger charge is 2.17. The summed E-state index contributed by atoms with van der Waals surface area (Å²) in [5.74, 6) is -0.274. The van der Waals surface area contributed by atoms with Crippen molar-refractivity contribution >= 4 is 27.5 Å². The van der Waals surface area contributed by atoms with Crippen molar-refractivity contribution in [2.24, 2.45) is 5.73 Å². The fourth-order valence-electron chi connectivity index (χ4n) is 2.19. The highest BCUT2D eigenvalue weighted by atomic mass is 79.9. The van der Waals surface area contributed by atoms with Gasteiger partial charge >= 0.3 is 0 Å². The van der Waals surface area contributed by atoms with Crippen molar-refractivity contribution in [3.05, 3.63) is 67.9 Å². The van der Waals surface area contributed by atoms with Crippen LogP contribution in [0.15, 0.2) is 34.8 Å². The SMILES string of the molecule is Cc1cc(C)c(C(N)c2ccc(Br)c(Cl)c2)c(F)c1.